The normalized spacial score (nSPS) is 15.2. The molecular formula is C19H26FN5S. The maximum absolute atomic E-state index is 13.5. The molecule has 0 amide bonds. The van der Waals surface area contributed by atoms with Crippen LogP contribution in [0.2, 0.25) is 0 Å². The first kappa shape index (κ1) is 20.0. The molecule has 2 aromatic heterocycles. The minimum atomic E-state index is -0.286. The summed E-state index contributed by atoms with van der Waals surface area (Å²) in [5.74, 6) is 0.391. The van der Waals surface area contributed by atoms with Crippen LogP contribution in [0.3, 0.4) is 0 Å². The van der Waals surface area contributed by atoms with E-state index < -0.39 is 0 Å². The Hall–Kier alpha value is -2.28. The van der Waals surface area contributed by atoms with Crippen molar-refractivity contribution >= 4 is 33.2 Å². The number of anilines is 2. The molecule has 1 unspecified atom stereocenters. The molecule has 0 radical (unpaired) electrons. The van der Waals surface area contributed by atoms with E-state index in [-0.39, 0.29) is 11.9 Å². The molecule has 3 N–H and O–H groups in total. The maximum Gasteiger partial charge on any atom is 0.180 e. The molecule has 0 bridgehead atoms. The average molecular weight is 376 g/mol. The lowest BCUT2D eigenvalue weighted by atomic mass is 9.97. The summed E-state index contributed by atoms with van der Waals surface area (Å²) in [5, 5.41) is 4.75. The lowest BCUT2D eigenvalue weighted by Gasteiger charge is -2.23. The zero-order valence-corrected chi connectivity index (χ0v) is 16.5. The summed E-state index contributed by atoms with van der Waals surface area (Å²) in [6.07, 6.45) is 4.22. The van der Waals surface area contributed by atoms with Gasteiger partial charge in [-0.25, -0.2) is 19.3 Å². The molecule has 1 atom stereocenters. The van der Waals surface area contributed by atoms with E-state index in [9.17, 15) is 4.39 Å². The SMILES string of the molecule is CC.CC.Nc1nc2c(s1)CC(Nc1ncnc3ccc(F)cc13)CC2. The smallest absolute Gasteiger partial charge is 0.180 e. The van der Waals surface area contributed by atoms with Gasteiger partial charge in [-0.15, -0.1) is 11.3 Å². The molecular weight excluding hydrogens is 349 g/mol. The van der Waals surface area contributed by atoms with Crippen LogP contribution in [0.4, 0.5) is 15.3 Å². The maximum atomic E-state index is 13.5. The zero-order chi connectivity index (χ0) is 19.1. The predicted octanol–water partition coefficient (Wildman–Crippen LogP) is 4.83. The fraction of sp³-hybridized carbons (Fsp3) is 0.421. The molecule has 26 heavy (non-hydrogen) atoms. The van der Waals surface area contributed by atoms with Crippen LogP contribution in [0.5, 0.6) is 0 Å². The van der Waals surface area contributed by atoms with Crippen molar-refractivity contribution in [3.8, 4) is 0 Å². The Morgan fingerprint density at radius 3 is 2.73 bits per heavy atom. The van der Waals surface area contributed by atoms with Gasteiger partial charge in [-0.3, -0.25) is 0 Å². The third kappa shape index (κ3) is 4.46. The van der Waals surface area contributed by atoms with E-state index in [4.69, 9.17) is 5.73 Å². The molecule has 4 rings (SSSR count). The summed E-state index contributed by atoms with van der Waals surface area (Å²) in [4.78, 5) is 14.0. The minimum Gasteiger partial charge on any atom is -0.375 e. The molecule has 0 saturated carbocycles. The molecule has 3 aromatic rings. The summed E-state index contributed by atoms with van der Waals surface area (Å²) < 4.78 is 13.5. The van der Waals surface area contributed by atoms with Crippen LogP contribution in [-0.2, 0) is 12.8 Å². The quantitative estimate of drug-likeness (QED) is 0.671. The largest absolute Gasteiger partial charge is 0.375 e. The Morgan fingerprint density at radius 1 is 1.19 bits per heavy atom. The summed E-state index contributed by atoms with van der Waals surface area (Å²) >= 11 is 1.54. The molecule has 2 heterocycles. The van der Waals surface area contributed by atoms with Crippen molar-refractivity contribution in [3.63, 3.8) is 0 Å². The molecule has 0 saturated heterocycles. The monoisotopic (exact) mass is 375 g/mol. The van der Waals surface area contributed by atoms with Gasteiger partial charge in [0.25, 0.3) is 0 Å². The number of thiazole rings is 1. The Labute approximate surface area is 157 Å². The van der Waals surface area contributed by atoms with Crippen molar-refractivity contribution in [2.75, 3.05) is 11.1 Å². The van der Waals surface area contributed by atoms with Gasteiger partial charge in [-0.05, 0) is 31.0 Å². The molecule has 1 aliphatic rings. The van der Waals surface area contributed by atoms with E-state index >= 15 is 0 Å². The van der Waals surface area contributed by atoms with Gasteiger partial charge in [0.15, 0.2) is 5.13 Å². The Morgan fingerprint density at radius 2 is 1.96 bits per heavy atom. The van der Waals surface area contributed by atoms with Gasteiger partial charge in [0.05, 0.1) is 11.2 Å². The van der Waals surface area contributed by atoms with Crippen LogP contribution >= 0.6 is 11.3 Å². The van der Waals surface area contributed by atoms with Gasteiger partial charge in [0.1, 0.15) is 18.0 Å². The average Bonchev–Trinajstić information content (AvgIpc) is 3.05. The number of hydrogen-bond acceptors (Lipinski definition) is 6. The summed E-state index contributed by atoms with van der Waals surface area (Å²) in [7, 11) is 0. The van der Waals surface area contributed by atoms with Gasteiger partial charge < -0.3 is 11.1 Å². The third-order valence-electron chi connectivity index (χ3n) is 3.89. The molecule has 1 aromatic carbocycles. The number of fused-ring (bicyclic) bond motifs is 2. The Kier molecular flexibility index (Phi) is 7.26. The topological polar surface area (TPSA) is 76.7 Å². The zero-order valence-electron chi connectivity index (χ0n) is 15.7. The number of nitrogens with one attached hydrogen (secondary N) is 1. The van der Waals surface area contributed by atoms with Crippen molar-refractivity contribution in [2.24, 2.45) is 0 Å². The number of nitrogen functional groups attached to an aromatic ring is 1. The fourth-order valence-electron chi connectivity index (χ4n) is 2.86. The van der Waals surface area contributed by atoms with Crippen molar-refractivity contribution in [3.05, 3.63) is 40.9 Å². The van der Waals surface area contributed by atoms with Crippen LogP contribution in [0.25, 0.3) is 10.9 Å². The van der Waals surface area contributed by atoms with Crippen LogP contribution in [0.15, 0.2) is 24.5 Å². The number of rotatable bonds is 2. The van der Waals surface area contributed by atoms with Crippen LogP contribution in [0.1, 0.15) is 44.7 Å². The van der Waals surface area contributed by atoms with Crippen LogP contribution < -0.4 is 11.1 Å². The highest BCUT2D eigenvalue weighted by molar-refractivity contribution is 7.15. The third-order valence-corrected chi connectivity index (χ3v) is 4.84. The molecule has 5 nitrogen and oxygen atoms in total. The van der Waals surface area contributed by atoms with E-state index in [2.05, 4.69) is 20.3 Å². The van der Waals surface area contributed by atoms with E-state index in [1.165, 1.54) is 23.3 Å². The summed E-state index contributed by atoms with van der Waals surface area (Å²) in [6.45, 7) is 8.00. The fourth-order valence-corrected chi connectivity index (χ4v) is 3.81. The summed E-state index contributed by atoms with van der Waals surface area (Å²) in [5.41, 5.74) is 7.62. The van der Waals surface area contributed by atoms with Gasteiger partial charge in [-0.1, -0.05) is 27.7 Å². The van der Waals surface area contributed by atoms with Crippen molar-refractivity contribution < 1.29 is 4.39 Å². The van der Waals surface area contributed by atoms with Gasteiger partial charge in [0, 0.05) is 22.7 Å². The predicted molar refractivity (Wildman–Crippen MR) is 108 cm³/mol. The number of hydrogen-bond donors (Lipinski definition) is 2. The lowest BCUT2D eigenvalue weighted by molar-refractivity contribution is 0.608. The first-order valence-corrected chi connectivity index (χ1v) is 9.91. The molecule has 0 aliphatic heterocycles. The number of aryl methyl sites for hydroxylation is 1. The minimum absolute atomic E-state index is 0.244. The number of nitrogens with zero attached hydrogens (tertiary/aromatic N) is 3. The number of halogens is 1. The van der Waals surface area contributed by atoms with E-state index in [0.717, 1.165) is 30.5 Å². The summed E-state index contributed by atoms with van der Waals surface area (Å²) in [6, 6.07) is 4.79. The number of nitrogens with two attached hydrogens (primary N) is 1. The highest BCUT2D eigenvalue weighted by Crippen LogP contribution is 2.30. The van der Waals surface area contributed by atoms with Crippen molar-refractivity contribution in [1.29, 1.82) is 0 Å². The second kappa shape index (κ2) is 9.43. The molecule has 7 heteroatoms. The molecule has 0 spiro atoms. The van der Waals surface area contributed by atoms with Gasteiger partial charge in [0.2, 0.25) is 0 Å². The first-order valence-electron chi connectivity index (χ1n) is 9.10. The van der Waals surface area contributed by atoms with Gasteiger partial charge >= 0.3 is 0 Å². The second-order valence-corrected chi connectivity index (χ2v) is 6.50. The van der Waals surface area contributed by atoms with Crippen molar-refractivity contribution in [1.82, 2.24) is 15.0 Å². The lowest BCUT2D eigenvalue weighted by Crippen LogP contribution is -2.27. The van der Waals surface area contributed by atoms with Crippen LogP contribution in [0, 0.1) is 5.82 Å². The molecule has 140 valence electrons. The van der Waals surface area contributed by atoms with E-state index in [1.54, 1.807) is 17.4 Å². The Balaban J connectivity index is 0.000000570. The number of aromatic nitrogens is 3. The highest BCUT2D eigenvalue weighted by atomic mass is 32.1. The second-order valence-electron chi connectivity index (χ2n) is 5.39. The standard InChI is InChI=1S/C15H14FN5S.2C2H6/c16-8-1-3-11-10(5-8)14(19-7-18-11)20-9-2-4-12-13(6-9)22-15(17)21-12;2*1-2/h1,3,5,7,9H,2,4,6H2,(H2,17,21)(H,18,19,20);2*1-2H3. The number of benzene rings is 1. The molecule has 1 aliphatic carbocycles. The van der Waals surface area contributed by atoms with Gasteiger partial charge in [-0.2, -0.15) is 0 Å². The van der Waals surface area contributed by atoms with E-state index in [1.807, 2.05) is 27.7 Å². The molecule has 0 fully saturated rings. The highest BCUT2D eigenvalue weighted by Gasteiger charge is 2.22. The first-order chi connectivity index (χ1) is 12.7. The van der Waals surface area contributed by atoms with Crippen LogP contribution in [-0.4, -0.2) is 21.0 Å². The van der Waals surface area contributed by atoms with Crippen molar-refractivity contribution in [2.45, 2.75) is 53.0 Å². The van der Waals surface area contributed by atoms with E-state index in [0.29, 0.717) is 16.3 Å². The Bertz CT molecular complexity index is 849.